The van der Waals surface area contributed by atoms with Crippen LogP contribution in [0, 0.1) is 0 Å². The van der Waals surface area contributed by atoms with Crippen molar-refractivity contribution >= 4 is 22.2 Å². The van der Waals surface area contributed by atoms with Crippen LogP contribution in [0.5, 0.6) is 11.5 Å². The number of benzene rings is 1. The molecule has 0 aliphatic carbocycles. The lowest BCUT2D eigenvalue weighted by atomic mass is 9.90. The molecule has 4 rings (SSSR count). The highest BCUT2D eigenvalue weighted by molar-refractivity contribution is 7.15. The van der Waals surface area contributed by atoms with E-state index in [1.807, 2.05) is 29.8 Å². The van der Waals surface area contributed by atoms with Crippen LogP contribution in [0.25, 0.3) is 4.96 Å². The van der Waals surface area contributed by atoms with E-state index in [1.54, 1.807) is 25.6 Å². The smallest absolute Gasteiger partial charge is 0.221 e. The van der Waals surface area contributed by atoms with Gasteiger partial charge in [-0.2, -0.15) is 0 Å². The first-order valence-electron chi connectivity index (χ1n) is 7.64. The van der Waals surface area contributed by atoms with Crippen molar-refractivity contribution in [2.75, 3.05) is 14.2 Å². The Hall–Kier alpha value is -2.54. The molecule has 2 aromatic heterocycles. The maximum Gasteiger partial charge on any atom is 0.221 e. The van der Waals surface area contributed by atoms with Crippen LogP contribution in [0.15, 0.2) is 29.8 Å². The number of hydrogen-bond donors (Lipinski definition) is 1. The number of amides is 1. The van der Waals surface area contributed by atoms with Gasteiger partial charge in [-0.1, -0.05) is 12.1 Å². The first kappa shape index (κ1) is 15.0. The van der Waals surface area contributed by atoms with Gasteiger partial charge in [-0.05, 0) is 6.07 Å². The van der Waals surface area contributed by atoms with Crippen LogP contribution in [0.4, 0.5) is 0 Å². The van der Waals surface area contributed by atoms with Crippen molar-refractivity contribution in [3.8, 4) is 11.5 Å². The van der Waals surface area contributed by atoms with Crippen molar-refractivity contribution in [2.24, 2.45) is 0 Å². The van der Waals surface area contributed by atoms with Gasteiger partial charge >= 0.3 is 0 Å². The zero-order valence-electron chi connectivity index (χ0n) is 13.4. The molecular weight excluding hydrogens is 326 g/mol. The van der Waals surface area contributed by atoms with E-state index in [1.165, 1.54) is 0 Å². The quantitative estimate of drug-likeness (QED) is 0.794. The van der Waals surface area contributed by atoms with Crippen LogP contribution < -0.4 is 14.8 Å². The summed E-state index contributed by atoms with van der Waals surface area (Å²) < 4.78 is 13.1. The predicted molar refractivity (Wildman–Crippen MR) is 90.9 cm³/mol. The number of hydrogen-bond acceptors (Lipinski definition) is 5. The third-order valence-electron chi connectivity index (χ3n) is 4.36. The highest BCUT2D eigenvalue weighted by atomic mass is 32.1. The van der Waals surface area contributed by atoms with Gasteiger partial charge in [0.15, 0.2) is 16.5 Å². The number of methoxy groups -OCH3 is 2. The number of carbonyl (C=O) groups excluding carboxylic acids is 1. The molecule has 0 fully saturated rings. The molecule has 0 radical (unpaired) electrons. The number of thiazole rings is 1. The van der Waals surface area contributed by atoms with E-state index < -0.39 is 0 Å². The molecule has 0 bridgehead atoms. The van der Waals surface area contributed by atoms with Gasteiger partial charge in [0.1, 0.15) is 0 Å². The van der Waals surface area contributed by atoms with Crippen molar-refractivity contribution in [1.29, 1.82) is 0 Å². The molecule has 24 heavy (non-hydrogen) atoms. The summed E-state index contributed by atoms with van der Waals surface area (Å²) in [6.45, 7) is 0.450. The molecule has 1 aromatic carbocycles. The average molecular weight is 343 g/mol. The average Bonchev–Trinajstić information content (AvgIpc) is 3.13. The maximum absolute atomic E-state index is 12.2. The molecule has 1 aliphatic heterocycles. The highest BCUT2D eigenvalue weighted by Crippen LogP contribution is 2.42. The summed E-state index contributed by atoms with van der Waals surface area (Å²) in [7, 11) is 3.23. The van der Waals surface area contributed by atoms with Crippen LogP contribution in [0.1, 0.15) is 29.3 Å². The molecule has 1 N–H and O–H groups in total. The molecule has 0 unspecified atom stereocenters. The van der Waals surface area contributed by atoms with Crippen molar-refractivity contribution in [3.05, 3.63) is 46.7 Å². The molecule has 7 heteroatoms. The normalized spacial score (nSPS) is 17.2. The van der Waals surface area contributed by atoms with Crippen LogP contribution in [0.3, 0.4) is 0 Å². The fourth-order valence-corrected chi connectivity index (χ4v) is 4.07. The Morgan fingerprint density at radius 2 is 2.21 bits per heavy atom. The molecule has 0 spiro atoms. The van der Waals surface area contributed by atoms with Crippen molar-refractivity contribution < 1.29 is 14.3 Å². The van der Waals surface area contributed by atoms with E-state index in [0.29, 0.717) is 24.5 Å². The number of fused-ring (bicyclic) bond motifs is 3. The maximum atomic E-state index is 12.2. The third kappa shape index (κ3) is 2.24. The van der Waals surface area contributed by atoms with E-state index >= 15 is 0 Å². The first-order chi connectivity index (χ1) is 11.7. The lowest BCUT2D eigenvalue weighted by molar-refractivity contribution is -0.121. The minimum absolute atomic E-state index is 0.00634. The van der Waals surface area contributed by atoms with Gasteiger partial charge in [0.2, 0.25) is 5.91 Å². The van der Waals surface area contributed by atoms with Gasteiger partial charge in [-0.25, -0.2) is 4.98 Å². The summed E-state index contributed by atoms with van der Waals surface area (Å²) in [6, 6.07) is 5.77. The first-order valence-corrected chi connectivity index (χ1v) is 8.52. The third-order valence-corrected chi connectivity index (χ3v) is 5.11. The van der Waals surface area contributed by atoms with Gasteiger partial charge in [0.25, 0.3) is 0 Å². The lowest BCUT2D eigenvalue weighted by Crippen LogP contribution is -2.21. The van der Waals surface area contributed by atoms with E-state index in [0.717, 1.165) is 21.9 Å². The predicted octanol–water partition coefficient (Wildman–Crippen LogP) is 2.56. The second kappa shape index (κ2) is 5.83. The molecule has 3 heterocycles. The van der Waals surface area contributed by atoms with Gasteiger partial charge in [-0.3, -0.25) is 9.20 Å². The number of para-hydroxylation sites is 1. The number of ether oxygens (including phenoxy) is 2. The minimum Gasteiger partial charge on any atom is -0.493 e. The number of imidazole rings is 1. The van der Waals surface area contributed by atoms with E-state index in [2.05, 4.69) is 14.7 Å². The van der Waals surface area contributed by atoms with Gasteiger partial charge in [0, 0.05) is 29.5 Å². The van der Waals surface area contributed by atoms with Crippen LogP contribution in [0.2, 0.25) is 0 Å². The summed E-state index contributed by atoms with van der Waals surface area (Å²) in [5.74, 6) is 1.19. The van der Waals surface area contributed by atoms with E-state index in [9.17, 15) is 4.79 Å². The number of aromatic nitrogens is 2. The molecule has 0 saturated heterocycles. The Labute approximate surface area is 143 Å². The Bertz CT molecular complexity index is 915. The monoisotopic (exact) mass is 343 g/mol. The zero-order valence-corrected chi connectivity index (χ0v) is 14.2. The highest BCUT2D eigenvalue weighted by Gasteiger charge is 2.31. The topological polar surface area (TPSA) is 64.9 Å². The van der Waals surface area contributed by atoms with E-state index in [4.69, 9.17) is 9.47 Å². The number of carbonyl (C=O) groups is 1. The lowest BCUT2D eigenvalue weighted by Gasteiger charge is -2.20. The number of nitrogens with zero attached hydrogens (tertiary/aromatic N) is 2. The van der Waals surface area contributed by atoms with Gasteiger partial charge < -0.3 is 14.8 Å². The molecular formula is C17H17N3O3S. The van der Waals surface area contributed by atoms with Crippen LogP contribution in [-0.2, 0) is 11.3 Å². The number of nitrogens with one attached hydrogen (secondary N) is 1. The molecule has 6 nitrogen and oxygen atoms in total. The SMILES string of the molecule is COc1cccc([C@H]2CC(=O)NCc3nc4sccn4c32)c1OC. The second-order valence-electron chi connectivity index (χ2n) is 5.62. The van der Waals surface area contributed by atoms with Gasteiger partial charge in [-0.15, -0.1) is 11.3 Å². The molecule has 124 valence electrons. The Kier molecular flexibility index (Phi) is 3.65. The molecule has 1 amide bonds. The van der Waals surface area contributed by atoms with Gasteiger partial charge in [0.05, 0.1) is 32.2 Å². The standard InChI is InChI=1S/C17H17N3O3S/c1-22-13-5-3-4-10(16(13)23-2)11-8-14(21)18-9-12-15(11)20-6-7-24-17(20)19-12/h3-7,11H,8-9H2,1-2H3,(H,18,21)/t11-/m1/s1. The summed E-state index contributed by atoms with van der Waals surface area (Å²) in [6.07, 6.45) is 2.35. The summed E-state index contributed by atoms with van der Waals surface area (Å²) in [5.41, 5.74) is 2.88. The van der Waals surface area contributed by atoms with Crippen molar-refractivity contribution in [2.45, 2.75) is 18.9 Å². The van der Waals surface area contributed by atoms with Crippen molar-refractivity contribution in [1.82, 2.24) is 14.7 Å². The van der Waals surface area contributed by atoms with Crippen molar-refractivity contribution in [3.63, 3.8) is 0 Å². The summed E-state index contributed by atoms with van der Waals surface area (Å²) >= 11 is 1.59. The Morgan fingerprint density at radius 1 is 1.33 bits per heavy atom. The summed E-state index contributed by atoms with van der Waals surface area (Å²) in [5, 5.41) is 4.94. The second-order valence-corrected chi connectivity index (χ2v) is 6.49. The summed E-state index contributed by atoms with van der Waals surface area (Å²) in [4.78, 5) is 17.9. The Balaban J connectivity index is 1.95. The fourth-order valence-electron chi connectivity index (χ4n) is 3.33. The Morgan fingerprint density at radius 3 is 3.00 bits per heavy atom. The van der Waals surface area contributed by atoms with E-state index in [-0.39, 0.29) is 11.8 Å². The minimum atomic E-state index is -0.142. The largest absolute Gasteiger partial charge is 0.493 e. The fraction of sp³-hybridized carbons (Fsp3) is 0.294. The molecule has 1 atom stereocenters. The number of rotatable bonds is 3. The van der Waals surface area contributed by atoms with Crippen LogP contribution in [-0.4, -0.2) is 29.5 Å². The molecule has 1 aliphatic rings. The van der Waals surface area contributed by atoms with Crippen LogP contribution >= 0.6 is 11.3 Å². The molecule has 3 aromatic rings. The zero-order chi connectivity index (χ0) is 16.7. The molecule has 0 saturated carbocycles.